The highest BCUT2D eigenvalue weighted by molar-refractivity contribution is 7.98. The fraction of sp³-hybridized carbons (Fsp3) is 0.455. The van der Waals surface area contributed by atoms with E-state index >= 15 is 0 Å². The van der Waals surface area contributed by atoms with E-state index in [9.17, 15) is 14.4 Å². The molecule has 0 spiro atoms. The van der Waals surface area contributed by atoms with Crippen molar-refractivity contribution in [1.29, 1.82) is 0 Å². The summed E-state index contributed by atoms with van der Waals surface area (Å²) >= 11 is 1.63. The van der Waals surface area contributed by atoms with Gasteiger partial charge < -0.3 is 20.1 Å². The molecule has 1 aliphatic heterocycles. The number of rotatable bonds is 8. The van der Waals surface area contributed by atoms with E-state index in [-0.39, 0.29) is 30.1 Å². The first kappa shape index (κ1) is 32.2. The second-order valence-corrected chi connectivity index (χ2v) is 12.7. The molecular formula is C33H42N8O3S. The summed E-state index contributed by atoms with van der Waals surface area (Å²) in [6.07, 6.45) is 5.27. The van der Waals surface area contributed by atoms with E-state index in [0.29, 0.717) is 57.1 Å². The average molecular weight is 631 g/mol. The molecule has 11 nitrogen and oxygen atoms in total. The minimum absolute atomic E-state index is 0.00297. The van der Waals surface area contributed by atoms with E-state index in [1.165, 1.54) is 0 Å². The Morgan fingerprint density at radius 1 is 1.02 bits per heavy atom. The molecule has 3 amide bonds. The summed E-state index contributed by atoms with van der Waals surface area (Å²) in [5.41, 5.74) is 2.75. The van der Waals surface area contributed by atoms with Crippen LogP contribution in [0.4, 0.5) is 0 Å². The van der Waals surface area contributed by atoms with Crippen LogP contribution in [0.1, 0.15) is 51.4 Å². The van der Waals surface area contributed by atoms with E-state index in [4.69, 9.17) is 10.1 Å². The summed E-state index contributed by atoms with van der Waals surface area (Å²) in [6.45, 7) is 5.77. The van der Waals surface area contributed by atoms with Crippen LogP contribution in [0.25, 0.3) is 22.4 Å². The number of hydrogen-bond acceptors (Lipinski definition) is 7. The Labute approximate surface area is 268 Å². The van der Waals surface area contributed by atoms with Crippen LogP contribution in [0.2, 0.25) is 0 Å². The molecule has 3 heterocycles. The Hall–Kier alpha value is -4.19. The van der Waals surface area contributed by atoms with Gasteiger partial charge in [0.15, 0.2) is 11.6 Å². The maximum absolute atomic E-state index is 13.7. The Morgan fingerprint density at radius 2 is 1.80 bits per heavy atom. The third kappa shape index (κ3) is 8.10. The Bertz CT molecular complexity index is 1600. The number of aryl methyl sites for hydroxylation is 1. The van der Waals surface area contributed by atoms with Crippen molar-refractivity contribution in [3.05, 3.63) is 66.7 Å². The zero-order valence-corrected chi connectivity index (χ0v) is 27.0. The molecule has 0 unspecified atom stereocenters. The molecule has 0 saturated carbocycles. The number of nitrogens with zero attached hydrogens (tertiary/aromatic N) is 6. The molecule has 0 radical (unpaired) electrons. The fourth-order valence-electron chi connectivity index (χ4n) is 5.58. The summed E-state index contributed by atoms with van der Waals surface area (Å²) in [5, 5.41) is 11.0. The minimum atomic E-state index is -0.665. The van der Waals surface area contributed by atoms with Crippen molar-refractivity contribution >= 4 is 40.5 Å². The standard InChI is InChI=1S/C33H42N8O3S/c1-23(2)30-32-37-31(24-10-5-4-6-11-24)38-41(32)20-19-39(17-9-14-28(42)35-26(16-21-45-3)33(44)36-30)29(43)15-18-40-22-34-25-12-7-8-13-27(25)40/h4-8,10-13,22-23,26,30H,9,14-21H2,1-3H3,(H,35,42)(H,36,44)/t26-,30+/m0/s1. The number of para-hydroxylation sites is 2. The van der Waals surface area contributed by atoms with Crippen molar-refractivity contribution in [1.82, 2.24) is 39.8 Å². The van der Waals surface area contributed by atoms with E-state index < -0.39 is 12.1 Å². The maximum atomic E-state index is 13.7. The summed E-state index contributed by atoms with van der Waals surface area (Å²) in [7, 11) is 0. The molecule has 0 aliphatic carbocycles. The zero-order chi connectivity index (χ0) is 31.8. The van der Waals surface area contributed by atoms with E-state index in [2.05, 4.69) is 15.6 Å². The van der Waals surface area contributed by atoms with Crippen molar-refractivity contribution in [3.8, 4) is 11.4 Å². The van der Waals surface area contributed by atoms with Gasteiger partial charge in [-0.1, -0.05) is 56.3 Å². The lowest BCUT2D eigenvalue weighted by atomic mass is 10.0. The van der Waals surface area contributed by atoms with Gasteiger partial charge in [-0.2, -0.15) is 16.9 Å². The van der Waals surface area contributed by atoms with Crippen LogP contribution < -0.4 is 10.6 Å². The molecule has 2 aromatic heterocycles. The van der Waals surface area contributed by atoms with Crippen molar-refractivity contribution in [2.75, 3.05) is 25.1 Å². The molecule has 2 N–H and O–H groups in total. The second kappa shape index (κ2) is 15.2. The third-order valence-corrected chi connectivity index (χ3v) is 8.74. The van der Waals surface area contributed by atoms with Gasteiger partial charge in [-0.25, -0.2) is 14.6 Å². The van der Waals surface area contributed by atoms with Gasteiger partial charge in [0.2, 0.25) is 17.7 Å². The summed E-state index contributed by atoms with van der Waals surface area (Å²) in [6, 6.07) is 16.5. The van der Waals surface area contributed by atoms with Gasteiger partial charge in [0, 0.05) is 38.0 Å². The molecule has 1 aliphatic rings. The summed E-state index contributed by atoms with van der Waals surface area (Å²) in [4.78, 5) is 51.4. The van der Waals surface area contributed by atoms with Crippen LogP contribution in [-0.2, 0) is 27.5 Å². The minimum Gasteiger partial charge on any atom is -0.344 e. The van der Waals surface area contributed by atoms with Crippen LogP contribution >= 0.6 is 11.8 Å². The molecular weight excluding hydrogens is 588 g/mol. The number of amides is 3. The Morgan fingerprint density at radius 3 is 2.58 bits per heavy atom. The van der Waals surface area contributed by atoms with Crippen LogP contribution in [-0.4, -0.2) is 78.1 Å². The van der Waals surface area contributed by atoms with E-state index in [1.54, 1.807) is 18.1 Å². The summed E-state index contributed by atoms with van der Waals surface area (Å²) < 4.78 is 3.83. The van der Waals surface area contributed by atoms with Crippen LogP contribution in [0.3, 0.4) is 0 Å². The second-order valence-electron chi connectivity index (χ2n) is 11.7. The van der Waals surface area contributed by atoms with Gasteiger partial charge in [-0.15, -0.1) is 0 Å². The van der Waals surface area contributed by atoms with Gasteiger partial charge in [-0.3, -0.25) is 14.4 Å². The van der Waals surface area contributed by atoms with Crippen molar-refractivity contribution < 1.29 is 14.4 Å². The molecule has 0 bridgehead atoms. The quantitative estimate of drug-likeness (QED) is 0.301. The first-order valence-corrected chi connectivity index (χ1v) is 17.0. The maximum Gasteiger partial charge on any atom is 0.243 e. The van der Waals surface area contributed by atoms with Crippen molar-refractivity contribution in [2.24, 2.45) is 5.92 Å². The molecule has 0 fully saturated rings. The lowest BCUT2D eigenvalue weighted by Gasteiger charge is -2.28. The highest BCUT2D eigenvalue weighted by atomic mass is 32.2. The van der Waals surface area contributed by atoms with E-state index in [1.807, 2.05) is 88.8 Å². The highest BCUT2D eigenvalue weighted by Gasteiger charge is 2.30. The highest BCUT2D eigenvalue weighted by Crippen LogP contribution is 2.25. The van der Waals surface area contributed by atoms with Gasteiger partial charge in [0.1, 0.15) is 6.04 Å². The lowest BCUT2D eigenvalue weighted by molar-refractivity contribution is -0.132. The lowest BCUT2D eigenvalue weighted by Crippen LogP contribution is -2.49. The molecule has 2 aromatic carbocycles. The van der Waals surface area contributed by atoms with Crippen molar-refractivity contribution in [3.63, 3.8) is 0 Å². The molecule has 238 valence electrons. The van der Waals surface area contributed by atoms with Crippen LogP contribution in [0, 0.1) is 5.92 Å². The number of carbonyl (C=O) groups excluding carboxylic acids is 3. The smallest absolute Gasteiger partial charge is 0.243 e. The van der Waals surface area contributed by atoms with E-state index in [0.717, 1.165) is 22.3 Å². The van der Waals surface area contributed by atoms with Crippen LogP contribution in [0.15, 0.2) is 60.9 Å². The summed E-state index contributed by atoms with van der Waals surface area (Å²) in [5.74, 6) is 1.49. The average Bonchev–Trinajstić information content (AvgIpc) is 3.66. The molecule has 2 atom stereocenters. The number of carbonyl (C=O) groups is 3. The predicted molar refractivity (Wildman–Crippen MR) is 176 cm³/mol. The normalized spacial score (nSPS) is 18.4. The van der Waals surface area contributed by atoms with Crippen LogP contribution in [0.5, 0.6) is 0 Å². The first-order valence-electron chi connectivity index (χ1n) is 15.6. The number of thioether (sulfide) groups is 1. The number of nitrogens with one attached hydrogen (secondary N) is 2. The number of aromatic nitrogens is 5. The first-order chi connectivity index (χ1) is 21.8. The zero-order valence-electron chi connectivity index (χ0n) is 26.2. The third-order valence-electron chi connectivity index (χ3n) is 8.10. The predicted octanol–water partition coefficient (Wildman–Crippen LogP) is 4.06. The largest absolute Gasteiger partial charge is 0.344 e. The molecule has 5 rings (SSSR count). The van der Waals surface area contributed by atoms with Gasteiger partial charge in [0.05, 0.1) is 29.9 Å². The Kier molecular flexibility index (Phi) is 10.9. The number of fused-ring (bicyclic) bond motifs is 2. The monoisotopic (exact) mass is 630 g/mol. The fourth-order valence-corrected chi connectivity index (χ4v) is 6.05. The number of benzene rings is 2. The SMILES string of the molecule is CSCC[C@@H]1NC(=O)CCCN(C(=O)CCn2cnc3ccccc32)CCn2nc(-c3ccccc3)nc2[C@@H](C(C)C)NC1=O. The number of imidazole rings is 1. The molecule has 4 aromatic rings. The Balaban J connectivity index is 1.43. The van der Waals surface area contributed by atoms with Gasteiger partial charge in [-0.05, 0) is 42.9 Å². The molecule has 12 heteroatoms. The van der Waals surface area contributed by atoms with Gasteiger partial charge >= 0.3 is 0 Å². The van der Waals surface area contributed by atoms with Gasteiger partial charge in [0.25, 0.3) is 0 Å². The van der Waals surface area contributed by atoms with Crippen molar-refractivity contribution in [2.45, 2.75) is 64.7 Å². The topological polar surface area (TPSA) is 127 Å². The molecule has 45 heavy (non-hydrogen) atoms. The number of hydrogen-bond donors (Lipinski definition) is 2. The molecule has 0 saturated heterocycles.